The van der Waals surface area contributed by atoms with E-state index in [4.69, 9.17) is 14.2 Å². The number of halogens is 3. The van der Waals surface area contributed by atoms with Gasteiger partial charge in [-0.25, -0.2) is 13.2 Å². The molecule has 1 unspecified atom stereocenters. The fraction of sp³-hybridized carbons (Fsp3) is 0.278. The third-order valence-corrected chi connectivity index (χ3v) is 3.85. The van der Waals surface area contributed by atoms with Gasteiger partial charge in [-0.1, -0.05) is 0 Å². The molecule has 1 heterocycles. The molecule has 0 saturated carbocycles. The van der Waals surface area contributed by atoms with Gasteiger partial charge in [0.05, 0.1) is 20.3 Å². The molecule has 0 spiro atoms. The number of hydrogen-bond donors (Lipinski definition) is 1. The van der Waals surface area contributed by atoms with Gasteiger partial charge in [-0.3, -0.25) is 4.79 Å². The average Bonchev–Trinajstić information content (AvgIpc) is 3.11. The van der Waals surface area contributed by atoms with Crippen molar-refractivity contribution in [2.24, 2.45) is 0 Å². The third kappa shape index (κ3) is 3.91. The summed E-state index contributed by atoms with van der Waals surface area (Å²) in [5.74, 6) is -3.53. The van der Waals surface area contributed by atoms with Gasteiger partial charge in [-0.15, -0.1) is 0 Å². The molecule has 2 aromatic carbocycles. The maximum atomic E-state index is 13.7. The number of hydrogen-bond acceptors (Lipinski definition) is 4. The van der Waals surface area contributed by atoms with E-state index in [1.54, 1.807) is 0 Å². The molecule has 1 amide bonds. The van der Waals surface area contributed by atoms with E-state index in [1.807, 2.05) is 0 Å². The van der Waals surface area contributed by atoms with E-state index in [0.29, 0.717) is 43.3 Å². The highest BCUT2D eigenvalue weighted by molar-refractivity contribution is 6.04. The molecule has 0 aromatic heterocycles. The molecule has 1 aliphatic heterocycles. The van der Waals surface area contributed by atoms with Crippen LogP contribution in [0.15, 0.2) is 30.3 Å². The number of anilines is 1. The molecule has 3 rings (SSSR count). The molecule has 26 heavy (non-hydrogen) atoms. The van der Waals surface area contributed by atoms with Crippen LogP contribution in [0.3, 0.4) is 0 Å². The fourth-order valence-corrected chi connectivity index (χ4v) is 2.54. The Morgan fingerprint density at radius 3 is 2.50 bits per heavy atom. The summed E-state index contributed by atoms with van der Waals surface area (Å²) in [7, 11) is 1.45. The lowest BCUT2D eigenvalue weighted by Crippen LogP contribution is -2.18. The summed E-state index contributed by atoms with van der Waals surface area (Å²) >= 11 is 0. The maximum absolute atomic E-state index is 13.7. The molecular weight excluding hydrogens is 351 g/mol. The van der Waals surface area contributed by atoms with Gasteiger partial charge >= 0.3 is 0 Å². The second kappa shape index (κ2) is 7.65. The lowest BCUT2D eigenvalue weighted by molar-refractivity contribution is 0.102. The Labute approximate surface area is 147 Å². The van der Waals surface area contributed by atoms with Crippen molar-refractivity contribution in [2.45, 2.75) is 12.5 Å². The Morgan fingerprint density at radius 2 is 1.88 bits per heavy atom. The normalized spacial score (nSPS) is 16.4. The third-order valence-electron chi connectivity index (χ3n) is 3.85. The number of carbonyl (C=O) groups is 1. The van der Waals surface area contributed by atoms with Crippen molar-refractivity contribution >= 4 is 11.6 Å². The first-order valence-electron chi connectivity index (χ1n) is 7.86. The van der Waals surface area contributed by atoms with Crippen LogP contribution in [-0.4, -0.2) is 32.3 Å². The zero-order chi connectivity index (χ0) is 18.7. The number of amides is 1. The van der Waals surface area contributed by atoms with E-state index in [-0.39, 0.29) is 11.7 Å². The van der Waals surface area contributed by atoms with Crippen molar-refractivity contribution in [3.63, 3.8) is 0 Å². The minimum absolute atomic E-state index is 0.0999. The molecule has 1 N–H and O–H groups in total. The molecule has 0 aliphatic carbocycles. The summed E-state index contributed by atoms with van der Waals surface area (Å²) in [4.78, 5) is 12.3. The van der Waals surface area contributed by atoms with E-state index >= 15 is 0 Å². The number of rotatable bonds is 5. The van der Waals surface area contributed by atoms with Crippen LogP contribution in [0, 0.1) is 17.5 Å². The second-order valence-electron chi connectivity index (χ2n) is 5.67. The second-order valence-corrected chi connectivity index (χ2v) is 5.67. The summed E-state index contributed by atoms with van der Waals surface area (Å²) in [6, 6.07) is 5.32. The molecular formula is C18H16F3NO4. The van der Waals surface area contributed by atoms with Crippen LogP contribution in [-0.2, 0) is 4.74 Å². The van der Waals surface area contributed by atoms with Gasteiger partial charge in [0.25, 0.3) is 5.91 Å². The molecule has 138 valence electrons. The van der Waals surface area contributed by atoms with Crippen molar-refractivity contribution < 1.29 is 32.2 Å². The van der Waals surface area contributed by atoms with Gasteiger partial charge in [0.15, 0.2) is 23.1 Å². The van der Waals surface area contributed by atoms with Crippen LogP contribution in [0.1, 0.15) is 16.8 Å². The predicted molar refractivity (Wildman–Crippen MR) is 87.1 cm³/mol. The molecule has 0 radical (unpaired) electrons. The van der Waals surface area contributed by atoms with Gasteiger partial charge in [0, 0.05) is 24.1 Å². The van der Waals surface area contributed by atoms with Crippen LogP contribution in [0.4, 0.5) is 18.9 Å². The van der Waals surface area contributed by atoms with Crippen molar-refractivity contribution in [2.75, 3.05) is 25.6 Å². The highest BCUT2D eigenvalue weighted by Gasteiger charge is 2.21. The monoisotopic (exact) mass is 367 g/mol. The van der Waals surface area contributed by atoms with Crippen LogP contribution < -0.4 is 14.8 Å². The minimum Gasteiger partial charge on any atom is -0.493 e. The summed E-state index contributed by atoms with van der Waals surface area (Å²) in [5, 5.41) is 2.10. The summed E-state index contributed by atoms with van der Waals surface area (Å²) < 4.78 is 56.6. The Morgan fingerprint density at radius 1 is 1.15 bits per heavy atom. The Balaban J connectivity index is 1.83. The Hall–Kier alpha value is -2.74. The molecule has 1 fully saturated rings. The number of ether oxygens (including phenoxy) is 3. The zero-order valence-corrected chi connectivity index (χ0v) is 13.9. The van der Waals surface area contributed by atoms with Crippen molar-refractivity contribution in [1.82, 2.24) is 0 Å². The summed E-state index contributed by atoms with van der Waals surface area (Å²) in [6.45, 7) is 1.00. The highest BCUT2D eigenvalue weighted by Crippen LogP contribution is 2.31. The molecule has 1 atom stereocenters. The van der Waals surface area contributed by atoms with E-state index in [1.165, 1.54) is 25.3 Å². The number of nitrogens with one attached hydrogen (secondary N) is 1. The van der Waals surface area contributed by atoms with Gasteiger partial charge in [0.1, 0.15) is 17.6 Å². The van der Waals surface area contributed by atoms with Crippen LogP contribution in [0.2, 0.25) is 0 Å². The van der Waals surface area contributed by atoms with Gasteiger partial charge in [0.2, 0.25) is 0 Å². The van der Waals surface area contributed by atoms with E-state index < -0.39 is 29.0 Å². The fourth-order valence-electron chi connectivity index (χ4n) is 2.54. The van der Waals surface area contributed by atoms with Crippen LogP contribution in [0.25, 0.3) is 0 Å². The zero-order valence-electron chi connectivity index (χ0n) is 13.9. The first kappa shape index (κ1) is 18.1. The first-order chi connectivity index (χ1) is 12.5. The topological polar surface area (TPSA) is 56.8 Å². The molecule has 5 nitrogen and oxygen atoms in total. The number of benzene rings is 2. The predicted octanol–water partition coefficient (Wildman–Crippen LogP) is 3.53. The molecule has 2 aromatic rings. The SMILES string of the molecule is COc1ccc(C(=O)Nc2c(F)cc(F)cc2F)cc1OC1CCOC1. The van der Waals surface area contributed by atoms with Crippen LogP contribution in [0.5, 0.6) is 11.5 Å². The Bertz CT molecular complexity index is 799. The highest BCUT2D eigenvalue weighted by atomic mass is 19.1. The van der Waals surface area contributed by atoms with Gasteiger partial charge in [-0.05, 0) is 18.2 Å². The number of methoxy groups -OCH3 is 1. The first-order valence-corrected chi connectivity index (χ1v) is 7.86. The van der Waals surface area contributed by atoms with E-state index in [9.17, 15) is 18.0 Å². The maximum Gasteiger partial charge on any atom is 0.255 e. The average molecular weight is 367 g/mol. The quantitative estimate of drug-likeness (QED) is 0.878. The van der Waals surface area contributed by atoms with E-state index in [0.717, 1.165) is 0 Å². The Kier molecular flexibility index (Phi) is 5.32. The smallest absolute Gasteiger partial charge is 0.255 e. The molecule has 8 heteroatoms. The van der Waals surface area contributed by atoms with Crippen LogP contribution >= 0.6 is 0 Å². The van der Waals surface area contributed by atoms with Crippen molar-refractivity contribution in [1.29, 1.82) is 0 Å². The lowest BCUT2D eigenvalue weighted by Gasteiger charge is -2.16. The molecule has 0 bridgehead atoms. The van der Waals surface area contributed by atoms with Crippen molar-refractivity contribution in [3.8, 4) is 11.5 Å². The number of carbonyl (C=O) groups excluding carboxylic acids is 1. The summed E-state index contributed by atoms with van der Waals surface area (Å²) in [6.07, 6.45) is 0.528. The standard InChI is InChI=1S/C18H16F3NO4/c1-24-15-3-2-10(6-16(15)26-12-4-5-25-9-12)18(23)22-17-13(20)7-11(19)8-14(17)21/h2-3,6-8,12H,4-5,9H2,1H3,(H,22,23). The molecule has 1 aliphatic rings. The van der Waals surface area contributed by atoms with Gasteiger partial charge < -0.3 is 19.5 Å². The molecule has 1 saturated heterocycles. The largest absolute Gasteiger partial charge is 0.493 e. The summed E-state index contributed by atoms with van der Waals surface area (Å²) in [5.41, 5.74) is -0.623. The van der Waals surface area contributed by atoms with E-state index in [2.05, 4.69) is 5.32 Å². The van der Waals surface area contributed by atoms with Gasteiger partial charge in [-0.2, -0.15) is 0 Å². The minimum atomic E-state index is -1.20. The van der Waals surface area contributed by atoms with Crippen molar-refractivity contribution in [3.05, 3.63) is 53.3 Å². The lowest BCUT2D eigenvalue weighted by atomic mass is 10.1.